The van der Waals surface area contributed by atoms with Gasteiger partial charge in [-0.1, -0.05) is 18.7 Å². The first kappa shape index (κ1) is 14.6. The van der Waals surface area contributed by atoms with Gasteiger partial charge in [-0.2, -0.15) is 0 Å². The number of allylic oxidation sites excluding steroid dienone is 2. The van der Waals surface area contributed by atoms with Crippen LogP contribution in [0.3, 0.4) is 0 Å². The van der Waals surface area contributed by atoms with E-state index < -0.39 is 0 Å². The molecule has 116 valence electrons. The zero-order valence-electron chi connectivity index (χ0n) is 12.5. The zero-order chi connectivity index (χ0) is 16.4. The number of aromatic nitrogens is 2. The predicted octanol–water partition coefficient (Wildman–Crippen LogP) is 3.21. The van der Waals surface area contributed by atoms with Gasteiger partial charge in [-0.05, 0) is 31.2 Å². The Morgan fingerprint density at radius 3 is 2.87 bits per heavy atom. The number of anilines is 1. The number of carbonyl (C=O) groups is 1. The largest absolute Gasteiger partial charge is 0.464 e. The molecule has 0 spiro atoms. The van der Waals surface area contributed by atoms with Gasteiger partial charge in [-0.3, -0.25) is 4.79 Å². The number of nitrogens with one attached hydrogen (secondary N) is 3. The number of imidazole rings is 1. The third kappa shape index (κ3) is 2.87. The van der Waals surface area contributed by atoms with Gasteiger partial charge in [0.05, 0.1) is 16.6 Å². The first-order chi connectivity index (χ1) is 11.1. The van der Waals surface area contributed by atoms with Crippen LogP contribution in [-0.2, 0) is 0 Å². The van der Waals surface area contributed by atoms with Crippen molar-refractivity contribution in [2.24, 2.45) is 0 Å². The SMILES string of the molecule is C=C/C=C\c1occ(C(=O)Nc2ccc3[nH]c(=O)[nH]c3c2)c1C. The van der Waals surface area contributed by atoms with Crippen molar-refractivity contribution in [2.45, 2.75) is 6.92 Å². The molecule has 1 amide bonds. The number of benzene rings is 1. The topological polar surface area (TPSA) is 90.9 Å². The highest BCUT2D eigenvalue weighted by Gasteiger charge is 2.15. The molecule has 6 nitrogen and oxygen atoms in total. The molecule has 23 heavy (non-hydrogen) atoms. The first-order valence-electron chi connectivity index (χ1n) is 6.99. The molecular formula is C17H15N3O3. The minimum Gasteiger partial charge on any atom is -0.464 e. The summed E-state index contributed by atoms with van der Waals surface area (Å²) in [5.74, 6) is 0.335. The molecular weight excluding hydrogens is 294 g/mol. The van der Waals surface area contributed by atoms with Gasteiger partial charge in [-0.15, -0.1) is 0 Å². The molecule has 3 N–H and O–H groups in total. The van der Waals surface area contributed by atoms with Crippen molar-refractivity contribution in [3.63, 3.8) is 0 Å². The average molecular weight is 309 g/mol. The van der Waals surface area contributed by atoms with Crippen molar-refractivity contribution in [2.75, 3.05) is 5.32 Å². The van der Waals surface area contributed by atoms with Crippen LogP contribution in [0.5, 0.6) is 0 Å². The van der Waals surface area contributed by atoms with Gasteiger partial charge in [0.25, 0.3) is 5.91 Å². The van der Waals surface area contributed by atoms with Gasteiger partial charge in [0.2, 0.25) is 0 Å². The van der Waals surface area contributed by atoms with Crippen molar-refractivity contribution in [1.82, 2.24) is 9.97 Å². The highest BCUT2D eigenvalue weighted by Crippen LogP contribution is 2.20. The highest BCUT2D eigenvalue weighted by atomic mass is 16.3. The van der Waals surface area contributed by atoms with Crippen molar-refractivity contribution in [1.29, 1.82) is 0 Å². The van der Waals surface area contributed by atoms with Crippen molar-refractivity contribution < 1.29 is 9.21 Å². The summed E-state index contributed by atoms with van der Waals surface area (Å²) in [6.45, 7) is 5.41. The van der Waals surface area contributed by atoms with E-state index in [2.05, 4.69) is 21.9 Å². The summed E-state index contributed by atoms with van der Waals surface area (Å²) < 4.78 is 5.38. The third-order valence-corrected chi connectivity index (χ3v) is 3.48. The van der Waals surface area contributed by atoms with Gasteiger partial charge in [0.15, 0.2) is 0 Å². The maximum atomic E-state index is 12.4. The van der Waals surface area contributed by atoms with Gasteiger partial charge < -0.3 is 19.7 Å². The van der Waals surface area contributed by atoms with E-state index in [9.17, 15) is 9.59 Å². The molecule has 1 aromatic carbocycles. The molecule has 2 aromatic heterocycles. The lowest BCUT2D eigenvalue weighted by molar-refractivity contribution is 0.102. The van der Waals surface area contributed by atoms with E-state index in [1.807, 2.05) is 6.92 Å². The number of rotatable bonds is 4. The summed E-state index contributed by atoms with van der Waals surface area (Å²) in [4.78, 5) is 28.9. The number of fused-ring (bicyclic) bond motifs is 1. The smallest absolute Gasteiger partial charge is 0.323 e. The molecule has 3 rings (SSSR count). The Morgan fingerprint density at radius 1 is 1.30 bits per heavy atom. The Labute approximate surface area is 131 Å². The van der Waals surface area contributed by atoms with Crippen LogP contribution in [0.4, 0.5) is 5.69 Å². The Bertz CT molecular complexity index is 973. The normalized spacial score (nSPS) is 11.2. The molecule has 0 aliphatic rings. The second-order valence-electron chi connectivity index (χ2n) is 5.03. The van der Waals surface area contributed by atoms with Crippen LogP contribution in [0.1, 0.15) is 21.7 Å². The number of aromatic amines is 2. The minimum absolute atomic E-state index is 0.276. The molecule has 6 heteroatoms. The fourth-order valence-corrected chi connectivity index (χ4v) is 2.28. The lowest BCUT2D eigenvalue weighted by atomic mass is 10.1. The third-order valence-electron chi connectivity index (χ3n) is 3.48. The summed E-state index contributed by atoms with van der Waals surface area (Å²) in [5, 5.41) is 2.79. The second kappa shape index (κ2) is 5.84. The summed E-state index contributed by atoms with van der Waals surface area (Å²) >= 11 is 0. The summed E-state index contributed by atoms with van der Waals surface area (Å²) in [7, 11) is 0. The maximum Gasteiger partial charge on any atom is 0.323 e. The van der Waals surface area contributed by atoms with Gasteiger partial charge in [0.1, 0.15) is 12.0 Å². The first-order valence-corrected chi connectivity index (χ1v) is 6.99. The summed E-state index contributed by atoms with van der Waals surface area (Å²) in [6.07, 6.45) is 6.54. The fraction of sp³-hybridized carbons (Fsp3) is 0.0588. The lowest BCUT2D eigenvalue weighted by Gasteiger charge is -2.04. The van der Waals surface area contributed by atoms with Crippen LogP contribution in [-0.4, -0.2) is 15.9 Å². The van der Waals surface area contributed by atoms with Crippen LogP contribution < -0.4 is 11.0 Å². The number of H-pyrrole nitrogens is 2. The second-order valence-corrected chi connectivity index (χ2v) is 5.03. The van der Waals surface area contributed by atoms with Crippen LogP contribution in [0, 0.1) is 6.92 Å². The molecule has 0 fully saturated rings. The van der Waals surface area contributed by atoms with Gasteiger partial charge in [0, 0.05) is 11.3 Å². The number of carbonyl (C=O) groups excluding carboxylic acids is 1. The summed E-state index contributed by atoms with van der Waals surface area (Å²) in [5.41, 5.74) is 2.82. The van der Waals surface area contributed by atoms with Crippen LogP contribution in [0.15, 0.2) is 52.4 Å². The molecule has 0 aliphatic heterocycles. The fourth-order valence-electron chi connectivity index (χ4n) is 2.28. The van der Waals surface area contributed by atoms with E-state index in [1.54, 1.807) is 36.4 Å². The molecule has 0 bridgehead atoms. The van der Waals surface area contributed by atoms with Gasteiger partial charge >= 0.3 is 5.69 Å². The number of hydrogen-bond acceptors (Lipinski definition) is 3. The Balaban J connectivity index is 1.85. The molecule has 0 unspecified atom stereocenters. The Kier molecular flexibility index (Phi) is 3.72. The molecule has 3 aromatic rings. The highest BCUT2D eigenvalue weighted by molar-refractivity contribution is 6.06. The van der Waals surface area contributed by atoms with Crippen molar-refractivity contribution >= 4 is 28.7 Å². The van der Waals surface area contributed by atoms with E-state index in [0.29, 0.717) is 28.0 Å². The summed E-state index contributed by atoms with van der Waals surface area (Å²) in [6, 6.07) is 5.14. The predicted molar refractivity (Wildman–Crippen MR) is 89.5 cm³/mol. The minimum atomic E-state index is -0.284. The Hall–Kier alpha value is -3.28. The van der Waals surface area contributed by atoms with E-state index in [-0.39, 0.29) is 11.6 Å². The van der Waals surface area contributed by atoms with Crippen LogP contribution >= 0.6 is 0 Å². The number of amides is 1. The van der Waals surface area contributed by atoms with E-state index in [1.165, 1.54) is 6.26 Å². The molecule has 0 saturated carbocycles. The molecule has 2 heterocycles. The number of hydrogen-bond donors (Lipinski definition) is 3. The molecule has 0 aliphatic carbocycles. The number of furan rings is 1. The Morgan fingerprint density at radius 2 is 2.09 bits per heavy atom. The zero-order valence-corrected chi connectivity index (χ0v) is 12.5. The quantitative estimate of drug-likeness (QED) is 0.646. The van der Waals surface area contributed by atoms with Crippen LogP contribution in [0.2, 0.25) is 0 Å². The lowest BCUT2D eigenvalue weighted by Crippen LogP contribution is -2.12. The van der Waals surface area contributed by atoms with E-state index in [4.69, 9.17) is 4.42 Å². The molecule has 0 radical (unpaired) electrons. The van der Waals surface area contributed by atoms with E-state index >= 15 is 0 Å². The van der Waals surface area contributed by atoms with Crippen LogP contribution in [0.25, 0.3) is 17.1 Å². The van der Waals surface area contributed by atoms with Gasteiger partial charge in [-0.25, -0.2) is 4.79 Å². The average Bonchev–Trinajstić information content (AvgIpc) is 3.06. The molecule has 0 atom stereocenters. The molecule has 0 saturated heterocycles. The monoisotopic (exact) mass is 309 g/mol. The van der Waals surface area contributed by atoms with E-state index in [0.717, 1.165) is 5.56 Å². The maximum absolute atomic E-state index is 12.4. The van der Waals surface area contributed by atoms with Crippen molar-refractivity contribution in [3.8, 4) is 0 Å². The van der Waals surface area contributed by atoms with Crippen molar-refractivity contribution in [3.05, 3.63) is 70.6 Å². The standard InChI is InChI=1S/C17H15N3O3/c1-3-4-5-15-10(2)12(9-23-15)16(21)18-11-6-7-13-14(8-11)20-17(22)19-13/h3-9H,1H2,2H3,(H,18,21)(H2,19,20,22)/b5-4-.